The summed E-state index contributed by atoms with van der Waals surface area (Å²) < 4.78 is 0. The highest BCUT2D eigenvalue weighted by Gasteiger charge is 2.12. The molecule has 2 aromatic carbocycles. The number of pyridine rings is 1. The molecule has 0 fully saturated rings. The third-order valence-electron chi connectivity index (χ3n) is 4.97. The molecule has 0 aliphatic carbocycles. The predicted molar refractivity (Wildman–Crippen MR) is 122 cm³/mol. The highest BCUT2D eigenvalue weighted by Crippen LogP contribution is 2.16. The maximum absolute atomic E-state index is 12.6. The summed E-state index contributed by atoms with van der Waals surface area (Å²) in [6.45, 7) is 1.49. The van der Waals surface area contributed by atoms with Crippen LogP contribution < -0.4 is 10.9 Å². The van der Waals surface area contributed by atoms with Gasteiger partial charge in [0.2, 0.25) is 5.56 Å². The molecule has 1 unspecified atom stereocenters. The van der Waals surface area contributed by atoms with E-state index in [0.29, 0.717) is 35.9 Å². The van der Waals surface area contributed by atoms with E-state index >= 15 is 0 Å². The number of carbonyl (C=O) groups excluding carboxylic acids is 1. The number of hydrogen-bond acceptors (Lipinski definition) is 4. The van der Waals surface area contributed by atoms with E-state index in [2.05, 4.69) is 10.3 Å². The van der Waals surface area contributed by atoms with E-state index in [0.717, 1.165) is 17.5 Å². The Bertz CT molecular complexity index is 1050. The Kier molecular flexibility index (Phi) is 8.00. The van der Waals surface area contributed by atoms with Crippen molar-refractivity contribution in [2.75, 3.05) is 20.1 Å². The first-order valence-corrected chi connectivity index (χ1v) is 10.5. The molecule has 3 rings (SSSR count). The van der Waals surface area contributed by atoms with Gasteiger partial charge in [0.15, 0.2) is 0 Å². The molecule has 0 saturated carbocycles. The van der Waals surface area contributed by atoms with Crippen LogP contribution in [0.4, 0.5) is 0 Å². The van der Waals surface area contributed by atoms with Crippen LogP contribution in [0.1, 0.15) is 33.3 Å². The van der Waals surface area contributed by atoms with Gasteiger partial charge >= 0.3 is 0 Å². The van der Waals surface area contributed by atoms with E-state index in [1.54, 1.807) is 36.2 Å². The second-order valence-corrected chi connectivity index (χ2v) is 7.86. The van der Waals surface area contributed by atoms with E-state index in [4.69, 9.17) is 11.6 Å². The van der Waals surface area contributed by atoms with Gasteiger partial charge in [-0.05, 0) is 54.4 Å². The Balaban J connectivity index is 1.45. The minimum absolute atomic E-state index is 0.111. The van der Waals surface area contributed by atoms with Crippen molar-refractivity contribution in [2.45, 2.75) is 19.1 Å². The van der Waals surface area contributed by atoms with Crippen molar-refractivity contribution >= 4 is 17.5 Å². The van der Waals surface area contributed by atoms with Gasteiger partial charge in [-0.1, -0.05) is 41.9 Å². The van der Waals surface area contributed by atoms with Gasteiger partial charge < -0.3 is 20.3 Å². The van der Waals surface area contributed by atoms with Crippen molar-refractivity contribution in [1.29, 1.82) is 0 Å². The summed E-state index contributed by atoms with van der Waals surface area (Å²) in [6, 6.07) is 19.5. The average Bonchev–Trinajstić information content (AvgIpc) is 2.77. The summed E-state index contributed by atoms with van der Waals surface area (Å²) in [5.74, 6) is -0.111. The summed E-state index contributed by atoms with van der Waals surface area (Å²) in [6.07, 6.45) is 0.190. The van der Waals surface area contributed by atoms with Crippen molar-refractivity contribution in [2.24, 2.45) is 0 Å². The molecule has 1 heterocycles. The zero-order valence-corrected chi connectivity index (χ0v) is 18.1. The molecule has 0 bridgehead atoms. The maximum atomic E-state index is 12.6. The number of nitrogens with one attached hydrogen (secondary N) is 2. The summed E-state index contributed by atoms with van der Waals surface area (Å²) in [5, 5.41) is 14.1. The van der Waals surface area contributed by atoms with Crippen LogP contribution >= 0.6 is 11.6 Å². The molecule has 0 spiro atoms. The topological polar surface area (TPSA) is 85.4 Å². The molecule has 0 saturated heterocycles. The van der Waals surface area contributed by atoms with E-state index in [1.165, 1.54) is 6.07 Å². The van der Waals surface area contributed by atoms with E-state index in [9.17, 15) is 14.7 Å². The van der Waals surface area contributed by atoms with Crippen molar-refractivity contribution in [1.82, 2.24) is 15.2 Å². The lowest BCUT2D eigenvalue weighted by Gasteiger charge is -2.17. The van der Waals surface area contributed by atoms with Crippen LogP contribution in [0.3, 0.4) is 0 Å². The van der Waals surface area contributed by atoms with Gasteiger partial charge in [0, 0.05) is 35.9 Å². The Morgan fingerprint density at radius 3 is 2.48 bits per heavy atom. The minimum Gasteiger partial charge on any atom is -0.387 e. The van der Waals surface area contributed by atoms with Gasteiger partial charge in [0.1, 0.15) is 0 Å². The highest BCUT2D eigenvalue weighted by atomic mass is 35.5. The Hall–Kier alpha value is -2.93. The van der Waals surface area contributed by atoms with Crippen LogP contribution in [-0.4, -0.2) is 41.0 Å². The fraction of sp³-hybridized carbons (Fsp3) is 0.250. The van der Waals surface area contributed by atoms with E-state index in [1.807, 2.05) is 36.4 Å². The molecule has 1 amide bonds. The monoisotopic (exact) mass is 439 g/mol. The van der Waals surface area contributed by atoms with Crippen LogP contribution in [-0.2, 0) is 13.0 Å². The van der Waals surface area contributed by atoms with E-state index in [-0.39, 0.29) is 11.5 Å². The third-order valence-corrected chi connectivity index (χ3v) is 5.22. The lowest BCUT2D eigenvalue weighted by Crippen LogP contribution is -2.27. The molecule has 162 valence electrons. The number of amides is 1. The summed E-state index contributed by atoms with van der Waals surface area (Å²) >= 11 is 5.87. The number of benzene rings is 2. The number of nitrogens with zero attached hydrogens (tertiary/aromatic N) is 1. The van der Waals surface area contributed by atoms with Crippen LogP contribution in [0.25, 0.3) is 0 Å². The zero-order chi connectivity index (χ0) is 22.2. The van der Waals surface area contributed by atoms with Crippen molar-refractivity contribution in [3.05, 3.63) is 104 Å². The summed E-state index contributed by atoms with van der Waals surface area (Å²) in [7, 11) is 1.71. The van der Waals surface area contributed by atoms with Gasteiger partial charge in [-0.2, -0.15) is 0 Å². The van der Waals surface area contributed by atoms with Gasteiger partial charge in [0.05, 0.1) is 12.6 Å². The number of carbonyl (C=O) groups is 1. The van der Waals surface area contributed by atoms with Gasteiger partial charge in [-0.3, -0.25) is 9.59 Å². The average molecular weight is 440 g/mol. The molecular formula is C24H26ClN3O3. The molecule has 31 heavy (non-hydrogen) atoms. The number of rotatable bonds is 9. The lowest BCUT2D eigenvalue weighted by atomic mass is 10.1. The van der Waals surface area contributed by atoms with Crippen LogP contribution in [0.2, 0.25) is 5.02 Å². The Labute approximate surface area is 186 Å². The molecular weight excluding hydrogens is 414 g/mol. The third kappa shape index (κ3) is 6.79. The fourth-order valence-corrected chi connectivity index (χ4v) is 3.35. The fourth-order valence-electron chi connectivity index (χ4n) is 3.22. The molecule has 0 aliphatic rings. The molecule has 0 aliphatic heterocycles. The van der Waals surface area contributed by atoms with Crippen LogP contribution in [0, 0.1) is 0 Å². The summed E-state index contributed by atoms with van der Waals surface area (Å²) in [5.41, 5.74) is 3.02. The van der Waals surface area contributed by atoms with Crippen molar-refractivity contribution < 1.29 is 9.90 Å². The van der Waals surface area contributed by atoms with Crippen molar-refractivity contribution in [3.63, 3.8) is 0 Å². The van der Waals surface area contributed by atoms with Gasteiger partial charge in [0.25, 0.3) is 5.91 Å². The predicted octanol–water partition coefficient (Wildman–Crippen LogP) is 3.17. The van der Waals surface area contributed by atoms with Crippen LogP contribution in [0.5, 0.6) is 0 Å². The van der Waals surface area contributed by atoms with Gasteiger partial charge in [-0.15, -0.1) is 0 Å². The Morgan fingerprint density at radius 2 is 1.81 bits per heavy atom. The summed E-state index contributed by atoms with van der Waals surface area (Å²) in [4.78, 5) is 28.3. The number of aliphatic hydroxyl groups is 1. The zero-order valence-electron chi connectivity index (χ0n) is 17.3. The number of aromatic amines is 1. The standard InChI is InChI=1S/C24H26ClN3O3/c1-28(16-21-3-2-4-23(30)27-21)24(31)19-7-5-17(6-8-19)13-14-26-15-22(29)18-9-11-20(25)12-10-18/h2-12,22,26,29H,13-16H2,1H3,(H,27,30). The highest BCUT2D eigenvalue weighted by molar-refractivity contribution is 6.30. The molecule has 3 aromatic rings. The van der Waals surface area contributed by atoms with Gasteiger partial charge in [-0.25, -0.2) is 0 Å². The second-order valence-electron chi connectivity index (χ2n) is 7.42. The number of hydrogen-bond donors (Lipinski definition) is 3. The quantitative estimate of drug-likeness (QED) is 0.447. The van der Waals surface area contributed by atoms with Crippen molar-refractivity contribution in [3.8, 4) is 0 Å². The molecule has 7 heteroatoms. The first-order chi connectivity index (χ1) is 14.9. The molecule has 1 atom stereocenters. The number of aliphatic hydroxyl groups excluding tert-OH is 1. The Morgan fingerprint density at radius 1 is 1.10 bits per heavy atom. The lowest BCUT2D eigenvalue weighted by molar-refractivity contribution is 0.0783. The minimum atomic E-state index is -0.590. The number of aromatic nitrogens is 1. The molecule has 6 nitrogen and oxygen atoms in total. The first-order valence-electron chi connectivity index (χ1n) is 10.1. The SMILES string of the molecule is CN(Cc1cccc(=O)[nH]1)C(=O)c1ccc(CCNCC(O)c2ccc(Cl)cc2)cc1. The molecule has 1 aromatic heterocycles. The second kappa shape index (κ2) is 10.9. The van der Waals surface area contributed by atoms with E-state index < -0.39 is 6.10 Å². The normalized spacial score (nSPS) is 11.8. The van der Waals surface area contributed by atoms with Crippen LogP contribution in [0.15, 0.2) is 71.5 Å². The largest absolute Gasteiger partial charge is 0.387 e. The maximum Gasteiger partial charge on any atom is 0.253 e. The molecule has 0 radical (unpaired) electrons. The number of H-pyrrole nitrogens is 1. The first kappa shape index (κ1) is 22.7. The molecule has 3 N–H and O–H groups in total. The smallest absolute Gasteiger partial charge is 0.253 e. The number of halogens is 1.